The molecule has 2 aromatic rings. The molecule has 1 aliphatic heterocycles. The van der Waals surface area contributed by atoms with Gasteiger partial charge in [0.2, 0.25) is 12.1 Å². The molecule has 3 amide bonds. The van der Waals surface area contributed by atoms with E-state index in [1.54, 1.807) is 46.1 Å². The zero-order valence-electron chi connectivity index (χ0n) is 21.0. The molecular formula is C26H33N5O4. The molecule has 9 nitrogen and oxygen atoms in total. The third-order valence-electron chi connectivity index (χ3n) is 5.24. The van der Waals surface area contributed by atoms with Crippen molar-refractivity contribution in [3.05, 3.63) is 59.9 Å². The van der Waals surface area contributed by atoms with E-state index in [0.29, 0.717) is 23.5 Å². The van der Waals surface area contributed by atoms with Crippen LogP contribution >= 0.6 is 0 Å². The van der Waals surface area contributed by atoms with Crippen LogP contribution in [0.25, 0.3) is 0 Å². The summed E-state index contributed by atoms with van der Waals surface area (Å²) in [4.78, 5) is 49.5. The second-order valence-corrected chi connectivity index (χ2v) is 9.85. The number of aliphatic imine (C=N–C) groups is 1. The number of benzene rings is 1. The Hall–Kier alpha value is -3.75. The van der Waals surface area contributed by atoms with Crippen LogP contribution in [0.1, 0.15) is 52.3 Å². The average molecular weight is 480 g/mol. The van der Waals surface area contributed by atoms with E-state index in [4.69, 9.17) is 4.74 Å². The highest BCUT2D eigenvalue weighted by molar-refractivity contribution is 6.19. The normalized spacial score (nSPS) is 16.7. The maximum absolute atomic E-state index is 13.3. The first-order valence-electron chi connectivity index (χ1n) is 11.6. The zero-order valence-corrected chi connectivity index (χ0v) is 21.0. The lowest BCUT2D eigenvalue weighted by Crippen LogP contribution is -2.54. The molecule has 0 bridgehead atoms. The summed E-state index contributed by atoms with van der Waals surface area (Å²) in [5.41, 5.74) is 1.74. The molecule has 0 aliphatic carbocycles. The number of likely N-dealkylation sites (N-methyl/N-ethyl adjacent to an activating group) is 1. The molecular weight excluding hydrogens is 446 g/mol. The predicted molar refractivity (Wildman–Crippen MR) is 134 cm³/mol. The summed E-state index contributed by atoms with van der Waals surface area (Å²) in [5, 5.41) is 5.37. The van der Waals surface area contributed by atoms with Crippen LogP contribution in [0.3, 0.4) is 0 Å². The lowest BCUT2D eigenvalue weighted by Gasteiger charge is -2.26. The van der Waals surface area contributed by atoms with Gasteiger partial charge in [0.25, 0.3) is 5.91 Å². The highest BCUT2D eigenvalue weighted by Gasteiger charge is 2.34. The lowest BCUT2D eigenvalue weighted by molar-refractivity contribution is -0.128. The number of pyridine rings is 1. The number of aromatic nitrogens is 1. The number of nitrogens with zero attached hydrogens (tertiary/aromatic N) is 3. The molecule has 2 unspecified atom stereocenters. The van der Waals surface area contributed by atoms with Crippen LogP contribution in [-0.4, -0.2) is 53.5 Å². The van der Waals surface area contributed by atoms with Crippen LogP contribution in [0.4, 0.5) is 10.5 Å². The fourth-order valence-corrected chi connectivity index (χ4v) is 3.71. The molecule has 0 saturated heterocycles. The van der Waals surface area contributed by atoms with Gasteiger partial charge in [-0.05, 0) is 51.3 Å². The van der Waals surface area contributed by atoms with Gasteiger partial charge in [-0.2, -0.15) is 0 Å². The van der Waals surface area contributed by atoms with Gasteiger partial charge in [-0.3, -0.25) is 14.6 Å². The molecule has 1 aromatic heterocycles. The Morgan fingerprint density at radius 2 is 1.80 bits per heavy atom. The van der Waals surface area contributed by atoms with Gasteiger partial charge in [-0.25, -0.2) is 9.79 Å². The smallest absolute Gasteiger partial charge is 0.408 e. The van der Waals surface area contributed by atoms with Crippen LogP contribution in [0.15, 0.2) is 53.7 Å². The number of nitrogens with one attached hydrogen (secondary N) is 2. The van der Waals surface area contributed by atoms with Gasteiger partial charge < -0.3 is 20.3 Å². The summed E-state index contributed by atoms with van der Waals surface area (Å²) in [6.07, 6.45) is 0.104. The number of para-hydroxylation sites is 1. The molecule has 2 heterocycles. The monoisotopic (exact) mass is 479 g/mol. The average Bonchev–Trinajstić information content (AvgIpc) is 2.88. The summed E-state index contributed by atoms with van der Waals surface area (Å²) >= 11 is 0. The van der Waals surface area contributed by atoms with Gasteiger partial charge in [-0.1, -0.05) is 38.1 Å². The molecule has 0 fully saturated rings. The second-order valence-electron chi connectivity index (χ2n) is 9.85. The van der Waals surface area contributed by atoms with Crippen molar-refractivity contribution in [2.24, 2.45) is 10.9 Å². The standard InChI is InChI=1S/C26H33N5O4/c1-16(2)15-19(28-25(34)35-26(3,4)5)23(32)30-22-24(33)31(6)20-13-8-7-11-17(20)21(29-22)18-12-9-10-14-27-18/h7-14,16,19,22H,15H2,1-6H3,(H,28,34)(H,30,32). The summed E-state index contributed by atoms with van der Waals surface area (Å²) in [6.45, 7) is 9.12. The van der Waals surface area contributed by atoms with E-state index in [9.17, 15) is 14.4 Å². The highest BCUT2D eigenvalue weighted by Crippen LogP contribution is 2.26. The van der Waals surface area contributed by atoms with E-state index in [1.807, 2.05) is 44.2 Å². The zero-order chi connectivity index (χ0) is 25.8. The molecule has 186 valence electrons. The highest BCUT2D eigenvalue weighted by atomic mass is 16.6. The van der Waals surface area contributed by atoms with Crippen molar-refractivity contribution in [1.82, 2.24) is 15.6 Å². The van der Waals surface area contributed by atoms with Crippen LogP contribution in [-0.2, 0) is 14.3 Å². The number of amides is 3. The molecule has 1 aliphatic rings. The number of anilines is 1. The van der Waals surface area contributed by atoms with Crippen molar-refractivity contribution in [3.63, 3.8) is 0 Å². The molecule has 0 spiro atoms. The molecule has 1 aromatic carbocycles. The van der Waals surface area contributed by atoms with E-state index >= 15 is 0 Å². The lowest BCUT2D eigenvalue weighted by atomic mass is 10.0. The third kappa shape index (κ3) is 6.65. The Labute approximate surface area is 206 Å². The quantitative estimate of drug-likeness (QED) is 0.660. The Morgan fingerprint density at radius 3 is 2.43 bits per heavy atom. The van der Waals surface area contributed by atoms with Gasteiger partial charge in [0, 0.05) is 18.8 Å². The van der Waals surface area contributed by atoms with Crippen LogP contribution in [0.2, 0.25) is 0 Å². The van der Waals surface area contributed by atoms with Crippen molar-refractivity contribution < 1.29 is 19.1 Å². The first-order valence-corrected chi connectivity index (χ1v) is 11.6. The largest absolute Gasteiger partial charge is 0.444 e. The molecule has 0 saturated carbocycles. The predicted octanol–water partition coefficient (Wildman–Crippen LogP) is 3.28. The first-order chi connectivity index (χ1) is 16.5. The van der Waals surface area contributed by atoms with Gasteiger partial charge in [0.1, 0.15) is 11.6 Å². The Balaban J connectivity index is 1.94. The maximum atomic E-state index is 13.3. The van der Waals surface area contributed by atoms with E-state index in [-0.39, 0.29) is 5.92 Å². The Bertz CT molecular complexity index is 1110. The minimum atomic E-state index is -1.20. The number of hydrogen-bond acceptors (Lipinski definition) is 6. The van der Waals surface area contributed by atoms with Crippen LogP contribution in [0, 0.1) is 5.92 Å². The van der Waals surface area contributed by atoms with Crippen molar-refractivity contribution in [2.75, 3.05) is 11.9 Å². The number of fused-ring (bicyclic) bond motifs is 1. The summed E-state index contributed by atoms with van der Waals surface area (Å²) in [6, 6.07) is 11.9. The van der Waals surface area contributed by atoms with Crippen LogP contribution < -0.4 is 15.5 Å². The minimum absolute atomic E-state index is 0.102. The van der Waals surface area contributed by atoms with E-state index < -0.39 is 35.7 Å². The van der Waals surface area contributed by atoms with E-state index in [1.165, 1.54) is 4.90 Å². The van der Waals surface area contributed by atoms with Crippen LogP contribution in [0.5, 0.6) is 0 Å². The topological polar surface area (TPSA) is 113 Å². The Morgan fingerprint density at radius 1 is 1.11 bits per heavy atom. The Kier molecular flexibility index (Phi) is 7.89. The number of alkyl carbamates (subject to hydrolysis) is 1. The third-order valence-corrected chi connectivity index (χ3v) is 5.24. The van der Waals surface area contributed by atoms with E-state index in [0.717, 1.165) is 5.56 Å². The van der Waals surface area contributed by atoms with Gasteiger partial charge in [0.05, 0.1) is 17.1 Å². The molecule has 9 heteroatoms. The fourth-order valence-electron chi connectivity index (χ4n) is 3.71. The molecule has 0 radical (unpaired) electrons. The molecule has 2 atom stereocenters. The number of benzodiazepines with no additional fused rings is 1. The number of carbonyl (C=O) groups is 3. The number of rotatable bonds is 6. The molecule has 35 heavy (non-hydrogen) atoms. The molecule has 3 rings (SSSR count). The number of carbonyl (C=O) groups excluding carboxylic acids is 3. The van der Waals surface area contributed by atoms with Crippen molar-refractivity contribution in [3.8, 4) is 0 Å². The van der Waals surface area contributed by atoms with Gasteiger partial charge in [0.15, 0.2) is 0 Å². The maximum Gasteiger partial charge on any atom is 0.408 e. The number of ether oxygens (including phenoxy) is 1. The fraction of sp³-hybridized carbons (Fsp3) is 0.423. The van der Waals surface area contributed by atoms with E-state index in [2.05, 4.69) is 20.6 Å². The number of hydrogen-bond donors (Lipinski definition) is 2. The summed E-state index contributed by atoms with van der Waals surface area (Å²) in [5.74, 6) is -0.825. The van der Waals surface area contributed by atoms with Gasteiger partial charge >= 0.3 is 6.09 Å². The summed E-state index contributed by atoms with van der Waals surface area (Å²) < 4.78 is 5.32. The second kappa shape index (κ2) is 10.7. The minimum Gasteiger partial charge on any atom is -0.444 e. The summed E-state index contributed by atoms with van der Waals surface area (Å²) in [7, 11) is 1.64. The molecule has 2 N–H and O–H groups in total. The first kappa shape index (κ1) is 25.9. The van der Waals surface area contributed by atoms with Crippen molar-refractivity contribution in [2.45, 2.75) is 58.8 Å². The van der Waals surface area contributed by atoms with Crippen molar-refractivity contribution in [1.29, 1.82) is 0 Å². The van der Waals surface area contributed by atoms with Gasteiger partial charge in [-0.15, -0.1) is 0 Å². The van der Waals surface area contributed by atoms with Crippen molar-refractivity contribution >= 4 is 29.3 Å². The SMILES string of the molecule is CC(C)CC(NC(=O)OC(C)(C)C)C(=O)NC1N=C(c2ccccn2)c2ccccc2N(C)C1=O.